The Balaban J connectivity index is 1.42. The summed E-state index contributed by atoms with van der Waals surface area (Å²) in [7, 11) is 4.25. The van der Waals surface area contributed by atoms with E-state index >= 15 is 0 Å². The topological polar surface area (TPSA) is 68.4 Å². The molecule has 0 aliphatic heterocycles. The van der Waals surface area contributed by atoms with Crippen LogP contribution >= 0.6 is 0 Å². The van der Waals surface area contributed by atoms with Gasteiger partial charge in [0.2, 0.25) is 5.82 Å². The first kappa shape index (κ1) is 23.6. The van der Waals surface area contributed by atoms with Gasteiger partial charge in [-0.2, -0.15) is 4.98 Å². The molecule has 0 saturated heterocycles. The van der Waals surface area contributed by atoms with Gasteiger partial charge in [0.05, 0.1) is 27.3 Å². The molecule has 0 spiro atoms. The molecule has 6 nitrogen and oxygen atoms in total. The Morgan fingerprint density at radius 3 is 2.36 bits per heavy atom. The number of hydrogen-bond acceptors (Lipinski definition) is 5. The summed E-state index contributed by atoms with van der Waals surface area (Å²) in [6.07, 6.45) is 5.40. The normalized spacial score (nSPS) is 17.1. The maximum absolute atomic E-state index is 12.0. The Hall–Kier alpha value is -2.54. The van der Waals surface area contributed by atoms with Crippen molar-refractivity contribution in [1.82, 2.24) is 10.1 Å². The average molecular weight is 451 g/mol. The summed E-state index contributed by atoms with van der Waals surface area (Å²) in [6.45, 7) is 2.64. The summed E-state index contributed by atoms with van der Waals surface area (Å²) in [5.41, 5.74) is 0.791. The Kier molecular flexibility index (Phi) is 7.58. The van der Waals surface area contributed by atoms with Crippen molar-refractivity contribution in [2.24, 2.45) is 5.92 Å². The average Bonchev–Trinajstić information content (AvgIpc) is 3.31. The zero-order valence-electron chi connectivity index (χ0n) is 19.8. The molecule has 1 aliphatic rings. The van der Waals surface area contributed by atoms with Gasteiger partial charge in [0.1, 0.15) is 6.54 Å². The molecule has 1 saturated carbocycles. The summed E-state index contributed by atoms with van der Waals surface area (Å²) < 4.78 is 12.2. The van der Waals surface area contributed by atoms with Crippen molar-refractivity contribution >= 4 is 0 Å². The molecule has 6 heteroatoms. The molecule has 1 heterocycles. The summed E-state index contributed by atoms with van der Waals surface area (Å²) in [5.74, 6) is 1.02. The van der Waals surface area contributed by atoms with E-state index in [2.05, 4.69) is 31.4 Å². The number of rotatable bonds is 10. The molecule has 4 rings (SSSR count). The van der Waals surface area contributed by atoms with Gasteiger partial charge >= 0.3 is 0 Å². The Bertz CT molecular complexity index is 984. The highest BCUT2D eigenvalue weighted by atomic mass is 16.5. The number of benzene rings is 2. The van der Waals surface area contributed by atoms with Gasteiger partial charge in [0, 0.05) is 0 Å². The van der Waals surface area contributed by atoms with Crippen molar-refractivity contribution < 1.29 is 18.8 Å². The first-order valence-electron chi connectivity index (χ1n) is 12.0. The minimum atomic E-state index is -1.22. The highest BCUT2D eigenvalue weighted by molar-refractivity contribution is 5.30. The van der Waals surface area contributed by atoms with Crippen LogP contribution in [-0.4, -0.2) is 47.0 Å². The van der Waals surface area contributed by atoms with Gasteiger partial charge in [-0.3, -0.25) is 0 Å². The molecule has 1 aromatic heterocycles. The number of nitrogens with zero attached hydrogens (tertiary/aromatic N) is 3. The third-order valence-corrected chi connectivity index (χ3v) is 6.73. The summed E-state index contributed by atoms with van der Waals surface area (Å²) in [5, 5.41) is 16.2. The van der Waals surface area contributed by atoms with Crippen molar-refractivity contribution in [3.63, 3.8) is 0 Å². The fourth-order valence-corrected chi connectivity index (χ4v) is 4.76. The van der Waals surface area contributed by atoms with Gasteiger partial charge < -0.3 is 18.8 Å². The summed E-state index contributed by atoms with van der Waals surface area (Å²) in [4.78, 5) is 4.71. The number of hydrogen-bond donors (Lipinski definition) is 1. The highest BCUT2D eigenvalue weighted by Crippen LogP contribution is 2.42. The second kappa shape index (κ2) is 10.6. The molecule has 1 N–H and O–H groups in total. The second-order valence-electron chi connectivity index (χ2n) is 9.83. The van der Waals surface area contributed by atoms with Crippen molar-refractivity contribution in [2.45, 2.75) is 50.9 Å². The van der Waals surface area contributed by atoms with Crippen LogP contribution < -0.4 is 0 Å². The van der Waals surface area contributed by atoms with Crippen LogP contribution in [0.2, 0.25) is 0 Å². The van der Waals surface area contributed by atoms with E-state index in [1.807, 2.05) is 48.5 Å². The number of likely N-dealkylation sites (N-methyl/N-ethyl adjacent to an activating group) is 1. The van der Waals surface area contributed by atoms with Crippen LogP contribution in [0.4, 0.5) is 0 Å². The number of aliphatic hydroxyl groups is 1. The molecule has 2 aromatic carbocycles. The Morgan fingerprint density at radius 2 is 1.67 bits per heavy atom. The minimum Gasteiger partial charge on any atom is -0.377 e. The number of quaternary nitrogens is 1. The zero-order valence-corrected chi connectivity index (χ0v) is 19.8. The van der Waals surface area contributed by atoms with Crippen molar-refractivity contribution in [1.29, 1.82) is 0 Å². The van der Waals surface area contributed by atoms with Crippen LogP contribution in [0.5, 0.6) is 0 Å². The van der Waals surface area contributed by atoms with E-state index in [9.17, 15) is 5.11 Å². The maximum atomic E-state index is 12.0. The molecule has 1 fully saturated rings. The molecule has 0 bridgehead atoms. The number of aromatic nitrogens is 2. The highest BCUT2D eigenvalue weighted by Gasteiger charge is 2.44. The van der Waals surface area contributed by atoms with Crippen LogP contribution in [0.1, 0.15) is 54.9 Å². The first-order valence-corrected chi connectivity index (χ1v) is 12.0. The van der Waals surface area contributed by atoms with E-state index in [0.29, 0.717) is 36.0 Å². The van der Waals surface area contributed by atoms with E-state index in [4.69, 9.17) is 14.2 Å². The molecule has 1 aliphatic carbocycles. The smallest absolute Gasteiger partial charge is 0.281 e. The van der Waals surface area contributed by atoms with Gasteiger partial charge in [0.25, 0.3) is 5.89 Å². The largest absolute Gasteiger partial charge is 0.377 e. The van der Waals surface area contributed by atoms with Gasteiger partial charge in [-0.1, -0.05) is 85.1 Å². The van der Waals surface area contributed by atoms with Crippen LogP contribution in [-0.2, 0) is 23.5 Å². The predicted octanol–water partition coefficient (Wildman–Crippen LogP) is 4.68. The van der Waals surface area contributed by atoms with E-state index in [0.717, 1.165) is 37.8 Å². The van der Waals surface area contributed by atoms with Crippen LogP contribution in [0.3, 0.4) is 0 Å². The van der Waals surface area contributed by atoms with Crippen LogP contribution in [0.15, 0.2) is 65.2 Å². The van der Waals surface area contributed by atoms with E-state index in [1.165, 1.54) is 12.0 Å². The lowest BCUT2D eigenvalue weighted by atomic mass is 9.73. The second-order valence-corrected chi connectivity index (χ2v) is 9.83. The molecule has 33 heavy (non-hydrogen) atoms. The van der Waals surface area contributed by atoms with Crippen molar-refractivity contribution in [3.8, 4) is 0 Å². The standard InChI is InChI=1S/C27H36N3O3/c1-30(2,18-19-32-21-22-12-6-3-7-13-22)20-25-28-26(29-33-25)27(31,23-14-8-4-9-15-23)24-16-10-5-11-17-24/h3-4,6-9,12-15,24,31H,5,10-11,16-21H2,1-2H3/q+1. The van der Waals surface area contributed by atoms with Crippen molar-refractivity contribution in [3.05, 3.63) is 83.5 Å². The molecule has 176 valence electrons. The predicted molar refractivity (Wildman–Crippen MR) is 127 cm³/mol. The molecular formula is C27H36N3O3+. The van der Waals surface area contributed by atoms with Gasteiger partial charge in [-0.15, -0.1) is 0 Å². The SMILES string of the molecule is C[N+](C)(CCOCc1ccccc1)Cc1nc(C(O)(c2ccccc2)C2CCCCC2)no1. The fourth-order valence-electron chi connectivity index (χ4n) is 4.76. The minimum absolute atomic E-state index is 0.0907. The Morgan fingerprint density at radius 1 is 1.00 bits per heavy atom. The monoisotopic (exact) mass is 450 g/mol. The lowest BCUT2D eigenvalue weighted by Gasteiger charge is -2.36. The lowest BCUT2D eigenvalue weighted by molar-refractivity contribution is -0.905. The Labute approximate surface area is 196 Å². The summed E-state index contributed by atoms with van der Waals surface area (Å²) >= 11 is 0. The molecule has 3 aromatic rings. The van der Waals surface area contributed by atoms with Gasteiger partial charge in [-0.25, -0.2) is 0 Å². The van der Waals surface area contributed by atoms with Crippen LogP contribution in [0, 0.1) is 5.92 Å². The van der Waals surface area contributed by atoms with Crippen LogP contribution in [0.25, 0.3) is 0 Å². The lowest BCUT2D eigenvalue weighted by Crippen LogP contribution is -2.42. The number of ether oxygens (including phenoxy) is 1. The maximum Gasteiger partial charge on any atom is 0.281 e. The van der Waals surface area contributed by atoms with Gasteiger partial charge in [0.15, 0.2) is 12.1 Å². The van der Waals surface area contributed by atoms with Gasteiger partial charge in [-0.05, 0) is 29.9 Å². The van der Waals surface area contributed by atoms with E-state index < -0.39 is 5.60 Å². The fraction of sp³-hybridized carbons (Fsp3) is 0.481. The molecule has 0 amide bonds. The third-order valence-electron chi connectivity index (χ3n) is 6.73. The zero-order chi connectivity index (χ0) is 23.2. The van der Waals surface area contributed by atoms with E-state index in [1.54, 1.807) is 0 Å². The third kappa shape index (κ3) is 5.88. The summed E-state index contributed by atoms with van der Waals surface area (Å²) in [6, 6.07) is 20.0. The molecule has 1 atom stereocenters. The quantitative estimate of drug-likeness (QED) is 0.359. The van der Waals surface area contributed by atoms with Crippen molar-refractivity contribution in [2.75, 3.05) is 27.2 Å². The molecule has 1 unspecified atom stereocenters. The molecule has 0 radical (unpaired) electrons. The first-order chi connectivity index (χ1) is 16.0. The van der Waals surface area contributed by atoms with E-state index in [-0.39, 0.29) is 5.92 Å². The molecular weight excluding hydrogens is 414 g/mol.